The van der Waals surface area contributed by atoms with Gasteiger partial charge in [-0.15, -0.1) is 0 Å². The molecule has 1 atom stereocenters. The van der Waals surface area contributed by atoms with Crippen molar-refractivity contribution in [1.29, 1.82) is 0 Å². The number of nitrogens with zero attached hydrogens (tertiary/aromatic N) is 1. The molecule has 2 aromatic rings. The minimum atomic E-state index is -0.142. The average molecular weight is 553 g/mol. The lowest BCUT2D eigenvalue weighted by molar-refractivity contribution is -0.905. The van der Waals surface area contributed by atoms with Gasteiger partial charge in [0.25, 0.3) is 0 Å². The van der Waals surface area contributed by atoms with E-state index in [2.05, 4.69) is 63.5 Å². The number of ether oxygens (including phenoxy) is 2. The second-order valence-corrected chi connectivity index (χ2v) is 12.3. The second-order valence-electron chi connectivity index (χ2n) is 12.3. The first kappa shape index (κ1) is 33.9. The van der Waals surface area contributed by atoms with E-state index in [4.69, 9.17) is 9.47 Å². The molecule has 4 nitrogen and oxygen atoms in total. The predicted molar refractivity (Wildman–Crippen MR) is 169 cm³/mol. The fourth-order valence-electron chi connectivity index (χ4n) is 5.48. The van der Waals surface area contributed by atoms with Gasteiger partial charge in [0.1, 0.15) is 18.2 Å². The van der Waals surface area contributed by atoms with Crippen LogP contribution in [-0.2, 0) is 22.5 Å². The molecule has 0 amide bonds. The SMILES string of the molecule is CCCCCCCCCCCCCCc1cccc(OCCCOC(=O)C(C)C[N+](C)(C)Cc2ccccc2)c1. The largest absolute Gasteiger partial charge is 0.493 e. The van der Waals surface area contributed by atoms with E-state index in [-0.39, 0.29) is 11.9 Å². The zero-order valence-electron chi connectivity index (χ0n) is 26.2. The van der Waals surface area contributed by atoms with E-state index in [0.29, 0.717) is 19.6 Å². The summed E-state index contributed by atoms with van der Waals surface area (Å²) in [4.78, 5) is 12.5. The molecule has 0 aliphatic rings. The van der Waals surface area contributed by atoms with Crippen molar-refractivity contribution in [3.05, 3.63) is 65.7 Å². The molecule has 2 rings (SSSR count). The molecule has 2 aromatic carbocycles. The summed E-state index contributed by atoms with van der Waals surface area (Å²) in [5.74, 6) is 0.649. The van der Waals surface area contributed by atoms with Crippen LogP contribution in [0.4, 0.5) is 0 Å². The van der Waals surface area contributed by atoms with Crippen LogP contribution in [0.5, 0.6) is 5.75 Å². The zero-order chi connectivity index (χ0) is 28.9. The number of hydrogen-bond donors (Lipinski definition) is 0. The van der Waals surface area contributed by atoms with Crippen LogP contribution < -0.4 is 4.74 Å². The Balaban J connectivity index is 1.51. The van der Waals surface area contributed by atoms with Gasteiger partial charge < -0.3 is 14.0 Å². The predicted octanol–water partition coefficient (Wildman–Crippen LogP) is 9.16. The van der Waals surface area contributed by atoms with E-state index in [1.54, 1.807) is 0 Å². The number of carbonyl (C=O) groups excluding carboxylic acids is 1. The molecule has 1 unspecified atom stereocenters. The Labute approximate surface area is 246 Å². The van der Waals surface area contributed by atoms with Gasteiger partial charge in [-0.25, -0.2) is 0 Å². The monoisotopic (exact) mass is 552 g/mol. The molecular formula is C36H58NO3+. The molecule has 0 spiro atoms. The lowest BCUT2D eigenvalue weighted by Gasteiger charge is -2.31. The van der Waals surface area contributed by atoms with E-state index in [1.807, 2.05) is 19.1 Å². The van der Waals surface area contributed by atoms with Gasteiger partial charge in [-0.1, -0.05) is 120 Å². The van der Waals surface area contributed by atoms with Crippen molar-refractivity contribution in [3.8, 4) is 5.75 Å². The Morgan fingerprint density at radius 2 is 1.32 bits per heavy atom. The molecule has 40 heavy (non-hydrogen) atoms. The Morgan fingerprint density at radius 1 is 0.725 bits per heavy atom. The molecule has 0 heterocycles. The maximum Gasteiger partial charge on any atom is 0.314 e. The first-order valence-electron chi connectivity index (χ1n) is 16.1. The lowest BCUT2D eigenvalue weighted by atomic mass is 10.0. The van der Waals surface area contributed by atoms with Crippen molar-refractivity contribution in [2.24, 2.45) is 5.92 Å². The molecule has 0 saturated heterocycles. The quantitative estimate of drug-likeness (QED) is 0.0783. The molecule has 0 N–H and O–H groups in total. The summed E-state index contributed by atoms with van der Waals surface area (Å²) in [5.41, 5.74) is 2.63. The standard InChI is InChI=1S/C36H58NO3/c1-5-6-7-8-9-10-11-12-13-14-15-17-22-33-25-20-26-35(29-33)39-27-21-28-40-36(38)32(2)30-37(3,4)31-34-23-18-16-19-24-34/h16,18-20,23-26,29,32H,5-15,17,21-22,27-28,30-31H2,1-4H3/q+1. The number of benzene rings is 2. The van der Waals surface area contributed by atoms with E-state index < -0.39 is 0 Å². The fraction of sp³-hybridized carbons (Fsp3) is 0.639. The molecule has 0 aliphatic carbocycles. The lowest BCUT2D eigenvalue weighted by Crippen LogP contribution is -2.44. The third-order valence-electron chi connectivity index (χ3n) is 7.64. The molecule has 4 heteroatoms. The highest BCUT2D eigenvalue weighted by atomic mass is 16.5. The van der Waals surface area contributed by atoms with E-state index in [0.717, 1.165) is 29.7 Å². The summed E-state index contributed by atoms with van der Waals surface area (Å²) >= 11 is 0. The highest BCUT2D eigenvalue weighted by Gasteiger charge is 2.25. The normalized spacial score (nSPS) is 12.3. The topological polar surface area (TPSA) is 35.5 Å². The first-order valence-corrected chi connectivity index (χ1v) is 16.1. The summed E-state index contributed by atoms with van der Waals surface area (Å²) in [7, 11) is 4.33. The smallest absolute Gasteiger partial charge is 0.314 e. The maximum atomic E-state index is 12.5. The molecule has 0 radical (unpaired) electrons. The highest BCUT2D eigenvalue weighted by Crippen LogP contribution is 2.18. The number of unbranched alkanes of at least 4 members (excludes halogenated alkanes) is 11. The van der Waals surface area contributed by atoms with Crippen LogP contribution in [0.3, 0.4) is 0 Å². The van der Waals surface area contributed by atoms with Gasteiger partial charge >= 0.3 is 5.97 Å². The van der Waals surface area contributed by atoms with Crippen LogP contribution in [0.2, 0.25) is 0 Å². The Kier molecular flexibility index (Phi) is 17.4. The van der Waals surface area contributed by atoms with Crippen molar-refractivity contribution < 1.29 is 18.8 Å². The number of rotatable bonds is 23. The van der Waals surface area contributed by atoms with Gasteiger partial charge in [0, 0.05) is 12.0 Å². The van der Waals surface area contributed by atoms with Crippen LogP contribution in [0, 0.1) is 5.92 Å². The first-order chi connectivity index (χ1) is 19.4. The molecule has 0 bridgehead atoms. The third kappa shape index (κ3) is 16.1. The van der Waals surface area contributed by atoms with Crippen LogP contribution in [0.1, 0.15) is 108 Å². The summed E-state index contributed by atoms with van der Waals surface area (Å²) in [5, 5.41) is 0. The molecule has 0 fully saturated rings. The summed E-state index contributed by atoms with van der Waals surface area (Å²) < 4.78 is 12.3. The Bertz CT molecular complexity index is 911. The van der Waals surface area contributed by atoms with Gasteiger partial charge in [-0.3, -0.25) is 4.79 Å². The molecule has 224 valence electrons. The van der Waals surface area contributed by atoms with Gasteiger partial charge in [0.05, 0.1) is 33.9 Å². The van der Waals surface area contributed by atoms with E-state index in [9.17, 15) is 4.79 Å². The summed E-state index contributed by atoms with van der Waals surface area (Å²) in [6.45, 7) is 6.84. The Hall–Kier alpha value is -2.33. The summed E-state index contributed by atoms with van der Waals surface area (Å²) in [6, 6.07) is 18.9. The molecule has 0 aromatic heterocycles. The molecule has 0 aliphatic heterocycles. The van der Waals surface area contributed by atoms with Crippen molar-refractivity contribution in [3.63, 3.8) is 0 Å². The van der Waals surface area contributed by atoms with Crippen LogP contribution in [0.25, 0.3) is 0 Å². The number of carbonyl (C=O) groups is 1. The fourth-order valence-corrected chi connectivity index (χ4v) is 5.48. The van der Waals surface area contributed by atoms with Crippen LogP contribution >= 0.6 is 0 Å². The Morgan fingerprint density at radius 3 is 1.98 bits per heavy atom. The average Bonchev–Trinajstić information content (AvgIpc) is 2.93. The number of esters is 1. The van der Waals surface area contributed by atoms with Gasteiger partial charge in [-0.05, 0) is 37.5 Å². The molecular weight excluding hydrogens is 494 g/mol. The van der Waals surface area contributed by atoms with Gasteiger partial charge in [-0.2, -0.15) is 0 Å². The van der Waals surface area contributed by atoms with Crippen molar-refractivity contribution in [1.82, 2.24) is 0 Å². The number of aryl methyl sites for hydroxylation is 1. The number of hydrogen-bond acceptors (Lipinski definition) is 3. The van der Waals surface area contributed by atoms with E-state index >= 15 is 0 Å². The van der Waals surface area contributed by atoms with Gasteiger partial charge in [0.15, 0.2) is 0 Å². The maximum absolute atomic E-state index is 12.5. The van der Waals surface area contributed by atoms with Gasteiger partial charge in [0.2, 0.25) is 0 Å². The second kappa shape index (κ2) is 20.5. The van der Waals surface area contributed by atoms with Crippen molar-refractivity contribution in [2.45, 2.75) is 110 Å². The van der Waals surface area contributed by atoms with Crippen LogP contribution in [0.15, 0.2) is 54.6 Å². The minimum Gasteiger partial charge on any atom is -0.493 e. The van der Waals surface area contributed by atoms with Crippen LogP contribution in [-0.4, -0.2) is 44.3 Å². The number of quaternary nitrogens is 1. The van der Waals surface area contributed by atoms with E-state index in [1.165, 1.54) is 88.2 Å². The highest BCUT2D eigenvalue weighted by molar-refractivity contribution is 5.72. The zero-order valence-corrected chi connectivity index (χ0v) is 26.2. The minimum absolute atomic E-state index is 0.122. The summed E-state index contributed by atoms with van der Waals surface area (Å²) in [6.07, 6.45) is 18.4. The third-order valence-corrected chi connectivity index (χ3v) is 7.64. The van der Waals surface area contributed by atoms with Crippen molar-refractivity contribution in [2.75, 3.05) is 33.9 Å². The molecule has 0 saturated carbocycles. The van der Waals surface area contributed by atoms with Crippen molar-refractivity contribution >= 4 is 5.97 Å².